The summed E-state index contributed by atoms with van der Waals surface area (Å²) in [5, 5.41) is 10.6. The minimum atomic E-state index is -0.960. The van der Waals surface area contributed by atoms with E-state index < -0.39 is 11.6 Å². The molecule has 1 aliphatic heterocycles. The van der Waals surface area contributed by atoms with Crippen LogP contribution in [-0.2, 0) is 0 Å². The third-order valence-corrected chi connectivity index (χ3v) is 4.52. The molecule has 0 radical (unpaired) electrons. The van der Waals surface area contributed by atoms with E-state index in [1.807, 2.05) is 15.9 Å². The summed E-state index contributed by atoms with van der Waals surface area (Å²) in [5.74, 6) is -1.34. The lowest BCUT2D eigenvalue weighted by Crippen LogP contribution is -2.47. The first-order chi connectivity index (χ1) is 13.6. The first-order valence-electron chi connectivity index (χ1n) is 8.76. The molecule has 0 unspecified atom stereocenters. The molecule has 1 fully saturated rings. The molecule has 6 nitrogen and oxygen atoms in total. The second kappa shape index (κ2) is 7.71. The van der Waals surface area contributed by atoms with Gasteiger partial charge in [0.15, 0.2) is 17.5 Å². The van der Waals surface area contributed by atoms with Gasteiger partial charge in [-0.05, 0) is 24.3 Å². The quantitative estimate of drug-likeness (QED) is 0.742. The number of nitrogens with zero attached hydrogens (tertiary/aromatic N) is 5. The zero-order valence-electron chi connectivity index (χ0n) is 14.8. The normalized spacial score (nSPS) is 14.2. The number of nitrogens with one attached hydrogen (secondary N) is 1. The average molecular weight is 386 g/mol. The maximum atomic E-state index is 14.0. The predicted molar refractivity (Wildman–Crippen MR) is 100 cm³/mol. The van der Waals surface area contributed by atoms with Crippen LogP contribution in [-0.4, -0.2) is 41.4 Å². The summed E-state index contributed by atoms with van der Waals surface area (Å²) in [6.07, 6.45) is 1.54. The molecular weight excluding hydrogens is 369 g/mol. The van der Waals surface area contributed by atoms with E-state index in [1.165, 1.54) is 18.3 Å². The minimum Gasteiger partial charge on any atom is -0.366 e. The lowest BCUT2D eigenvalue weighted by atomic mass is 10.2. The second-order valence-electron chi connectivity index (χ2n) is 6.32. The number of hydrogen-bond donors (Lipinski definition) is 1. The zero-order chi connectivity index (χ0) is 19.5. The Labute approximate surface area is 159 Å². The number of para-hydroxylation sites is 1. The Bertz CT molecular complexity index is 975. The van der Waals surface area contributed by atoms with Crippen molar-refractivity contribution in [2.24, 2.45) is 0 Å². The number of hydrogen-bond acceptors (Lipinski definition) is 6. The Morgan fingerprint density at radius 1 is 0.821 bits per heavy atom. The molecule has 2 heterocycles. The molecule has 0 spiro atoms. The van der Waals surface area contributed by atoms with E-state index in [9.17, 15) is 13.2 Å². The van der Waals surface area contributed by atoms with Gasteiger partial charge >= 0.3 is 0 Å². The smallest absolute Gasteiger partial charge is 0.249 e. The molecule has 1 aromatic heterocycles. The van der Waals surface area contributed by atoms with Crippen LogP contribution >= 0.6 is 0 Å². The number of benzene rings is 2. The Morgan fingerprint density at radius 3 is 2.32 bits per heavy atom. The van der Waals surface area contributed by atoms with E-state index in [0.717, 1.165) is 12.1 Å². The largest absolute Gasteiger partial charge is 0.366 e. The average Bonchev–Trinajstić information content (AvgIpc) is 2.72. The molecule has 0 bridgehead atoms. The fourth-order valence-corrected chi connectivity index (χ4v) is 3.09. The van der Waals surface area contributed by atoms with Crippen LogP contribution in [0, 0.1) is 17.5 Å². The maximum Gasteiger partial charge on any atom is 0.249 e. The fourth-order valence-electron chi connectivity index (χ4n) is 3.09. The summed E-state index contributed by atoms with van der Waals surface area (Å²) >= 11 is 0. The van der Waals surface area contributed by atoms with Crippen molar-refractivity contribution >= 4 is 23.1 Å². The first-order valence-corrected chi connectivity index (χ1v) is 8.76. The summed E-state index contributed by atoms with van der Waals surface area (Å²) in [6.45, 7) is 2.54. The Hall–Kier alpha value is -3.36. The number of rotatable bonds is 4. The Kier molecular flexibility index (Phi) is 4.96. The molecule has 28 heavy (non-hydrogen) atoms. The van der Waals surface area contributed by atoms with Gasteiger partial charge in [-0.3, -0.25) is 0 Å². The highest BCUT2D eigenvalue weighted by atomic mass is 19.2. The number of halogens is 3. The molecular formula is C19H17F3N6. The first kappa shape index (κ1) is 18.0. The van der Waals surface area contributed by atoms with Gasteiger partial charge in [0, 0.05) is 37.9 Å². The van der Waals surface area contributed by atoms with Crippen molar-refractivity contribution in [3.63, 3.8) is 0 Å². The van der Waals surface area contributed by atoms with Crippen LogP contribution in [0.5, 0.6) is 0 Å². The van der Waals surface area contributed by atoms with Gasteiger partial charge in [0.25, 0.3) is 0 Å². The van der Waals surface area contributed by atoms with Crippen molar-refractivity contribution in [2.75, 3.05) is 41.3 Å². The summed E-state index contributed by atoms with van der Waals surface area (Å²) in [7, 11) is 0. The summed E-state index contributed by atoms with van der Waals surface area (Å²) in [4.78, 5) is 8.39. The third-order valence-electron chi connectivity index (χ3n) is 4.52. The van der Waals surface area contributed by atoms with Gasteiger partial charge in [0.1, 0.15) is 5.82 Å². The predicted octanol–water partition coefficient (Wildman–Crippen LogP) is 3.36. The molecule has 0 amide bonds. The van der Waals surface area contributed by atoms with E-state index in [4.69, 9.17) is 0 Å². The van der Waals surface area contributed by atoms with E-state index in [-0.39, 0.29) is 11.8 Å². The number of aromatic nitrogens is 3. The molecule has 4 rings (SSSR count). The van der Waals surface area contributed by atoms with Crippen LogP contribution in [0.2, 0.25) is 0 Å². The van der Waals surface area contributed by atoms with Crippen molar-refractivity contribution in [3.8, 4) is 0 Å². The zero-order valence-corrected chi connectivity index (χ0v) is 14.8. The van der Waals surface area contributed by atoms with Crippen LogP contribution in [0.3, 0.4) is 0 Å². The summed E-state index contributed by atoms with van der Waals surface area (Å²) < 4.78 is 40.4. The maximum absolute atomic E-state index is 14.0. The van der Waals surface area contributed by atoms with Gasteiger partial charge in [-0.15, -0.1) is 5.10 Å². The van der Waals surface area contributed by atoms with Gasteiger partial charge in [0.05, 0.1) is 11.9 Å². The van der Waals surface area contributed by atoms with E-state index in [1.54, 1.807) is 12.1 Å². The molecule has 3 aromatic rings. The van der Waals surface area contributed by atoms with Gasteiger partial charge in [-0.2, -0.15) is 10.1 Å². The Balaban J connectivity index is 1.44. The van der Waals surface area contributed by atoms with Crippen molar-refractivity contribution in [3.05, 3.63) is 66.1 Å². The van der Waals surface area contributed by atoms with E-state index in [2.05, 4.69) is 20.5 Å². The molecule has 0 aliphatic carbocycles. The van der Waals surface area contributed by atoms with Crippen molar-refractivity contribution < 1.29 is 13.2 Å². The van der Waals surface area contributed by atoms with Gasteiger partial charge < -0.3 is 15.1 Å². The summed E-state index contributed by atoms with van der Waals surface area (Å²) in [5.41, 5.74) is 0.908. The highest BCUT2D eigenvalue weighted by molar-refractivity contribution is 5.55. The van der Waals surface area contributed by atoms with Crippen LogP contribution in [0.25, 0.3) is 0 Å². The Morgan fingerprint density at radius 2 is 1.57 bits per heavy atom. The van der Waals surface area contributed by atoms with Gasteiger partial charge in [0.2, 0.25) is 5.95 Å². The number of piperazine rings is 1. The van der Waals surface area contributed by atoms with Crippen molar-refractivity contribution in [1.29, 1.82) is 0 Å². The molecule has 1 N–H and O–H groups in total. The molecule has 2 aromatic carbocycles. The molecule has 0 saturated carbocycles. The van der Waals surface area contributed by atoms with Gasteiger partial charge in [-0.1, -0.05) is 12.1 Å². The summed E-state index contributed by atoms with van der Waals surface area (Å²) in [6, 6.07) is 10.1. The van der Waals surface area contributed by atoms with Crippen LogP contribution in [0.4, 0.5) is 36.3 Å². The third kappa shape index (κ3) is 3.83. The highest BCUT2D eigenvalue weighted by Crippen LogP contribution is 2.22. The lowest BCUT2D eigenvalue weighted by Gasteiger charge is -2.36. The van der Waals surface area contributed by atoms with Crippen LogP contribution < -0.4 is 15.1 Å². The standard InChI is InChI=1S/C19H17F3N6/c20-14-6-5-13(11-16(14)22)24-19-25-18(12-23-26-19)28-9-7-27(8-10-28)17-4-2-1-3-15(17)21/h1-6,11-12H,7-10H2,(H,24,25,26). The molecule has 0 atom stereocenters. The van der Waals surface area contributed by atoms with Crippen molar-refractivity contribution in [2.45, 2.75) is 0 Å². The van der Waals surface area contributed by atoms with Gasteiger partial charge in [-0.25, -0.2) is 13.2 Å². The lowest BCUT2D eigenvalue weighted by molar-refractivity contribution is 0.509. The molecule has 1 saturated heterocycles. The number of anilines is 4. The second-order valence-corrected chi connectivity index (χ2v) is 6.32. The van der Waals surface area contributed by atoms with Crippen LogP contribution in [0.1, 0.15) is 0 Å². The minimum absolute atomic E-state index is 0.181. The SMILES string of the molecule is Fc1ccc(Nc2nncc(N3CCN(c4ccccc4F)CC3)n2)cc1F. The molecule has 1 aliphatic rings. The van der Waals surface area contributed by atoms with E-state index >= 15 is 0 Å². The molecule has 9 heteroatoms. The fraction of sp³-hybridized carbons (Fsp3) is 0.211. The van der Waals surface area contributed by atoms with Crippen LogP contribution in [0.15, 0.2) is 48.7 Å². The highest BCUT2D eigenvalue weighted by Gasteiger charge is 2.21. The van der Waals surface area contributed by atoms with E-state index in [0.29, 0.717) is 43.4 Å². The topological polar surface area (TPSA) is 57.2 Å². The monoisotopic (exact) mass is 386 g/mol. The molecule has 144 valence electrons. The van der Waals surface area contributed by atoms with Crippen molar-refractivity contribution in [1.82, 2.24) is 15.2 Å².